The molecule has 1 aromatic rings. The Morgan fingerprint density at radius 1 is 1.50 bits per heavy atom. The molecule has 2 heterocycles. The summed E-state index contributed by atoms with van der Waals surface area (Å²) in [4.78, 5) is 27.2. The summed E-state index contributed by atoms with van der Waals surface area (Å²) in [7, 11) is 0. The quantitative estimate of drug-likeness (QED) is 0.822. The normalized spacial score (nSPS) is 17.6. The van der Waals surface area contributed by atoms with Gasteiger partial charge in [0.05, 0.1) is 11.9 Å². The number of fused-ring (bicyclic) bond motifs is 1. The molecule has 7 heteroatoms. The van der Waals surface area contributed by atoms with Crippen molar-refractivity contribution in [2.45, 2.75) is 39.4 Å². The molecule has 1 aliphatic heterocycles. The van der Waals surface area contributed by atoms with Crippen LogP contribution >= 0.6 is 0 Å². The maximum atomic E-state index is 11.6. The van der Waals surface area contributed by atoms with E-state index in [4.69, 9.17) is 9.47 Å². The number of rotatable bonds is 1. The molecule has 0 fully saturated rings. The van der Waals surface area contributed by atoms with Crippen molar-refractivity contribution in [2.24, 2.45) is 0 Å². The fourth-order valence-electron chi connectivity index (χ4n) is 1.58. The van der Waals surface area contributed by atoms with Gasteiger partial charge in [0, 0.05) is 0 Å². The predicted molar refractivity (Wildman–Crippen MR) is 72.8 cm³/mol. The molecule has 108 valence electrons. The van der Waals surface area contributed by atoms with E-state index in [1.807, 2.05) is 0 Å². The number of hydrogen-bond donors (Lipinski definition) is 2. The van der Waals surface area contributed by atoms with Gasteiger partial charge in [-0.05, 0) is 33.8 Å². The number of pyridine rings is 1. The molecule has 1 aromatic heterocycles. The first kappa shape index (κ1) is 14.1. The molecule has 0 saturated carbocycles. The van der Waals surface area contributed by atoms with E-state index < -0.39 is 17.8 Å². The maximum Gasteiger partial charge on any atom is 0.412 e. The van der Waals surface area contributed by atoms with Gasteiger partial charge >= 0.3 is 6.09 Å². The van der Waals surface area contributed by atoms with Crippen LogP contribution in [0.15, 0.2) is 12.3 Å². The van der Waals surface area contributed by atoms with Crippen LogP contribution in [0.25, 0.3) is 0 Å². The molecule has 2 N–H and O–H groups in total. The first-order valence-corrected chi connectivity index (χ1v) is 6.22. The van der Waals surface area contributed by atoms with E-state index >= 15 is 0 Å². The van der Waals surface area contributed by atoms with E-state index in [2.05, 4.69) is 15.6 Å². The number of hydrogen-bond acceptors (Lipinski definition) is 5. The largest absolute Gasteiger partial charge is 0.463 e. The third-order valence-electron chi connectivity index (χ3n) is 2.41. The summed E-state index contributed by atoms with van der Waals surface area (Å²) < 4.78 is 10.4. The van der Waals surface area contributed by atoms with Crippen molar-refractivity contribution < 1.29 is 19.1 Å². The van der Waals surface area contributed by atoms with E-state index in [0.29, 0.717) is 17.3 Å². The molecule has 7 nitrogen and oxygen atoms in total. The summed E-state index contributed by atoms with van der Waals surface area (Å²) in [6.45, 7) is 6.94. The first-order valence-electron chi connectivity index (χ1n) is 6.22. The zero-order valence-electron chi connectivity index (χ0n) is 11.8. The van der Waals surface area contributed by atoms with Crippen molar-refractivity contribution in [3.8, 4) is 5.88 Å². The van der Waals surface area contributed by atoms with Gasteiger partial charge < -0.3 is 14.8 Å². The fourth-order valence-corrected chi connectivity index (χ4v) is 1.58. The van der Waals surface area contributed by atoms with Gasteiger partial charge in [-0.2, -0.15) is 0 Å². The van der Waals surface area contributed by atoms with E-state index in [1.165, 1.54) is 6.20 Å². The molecular formula is C13H17N3O4. The van der Waals surface area contributed by atoms with Crippen LogP contribution in [0.1, 0.15) is 27.7 Å². The average Bonchev–Trinajstić information content (AvgIpc) is 2.28. The number of ether oxygens (including phenoxy) is 2. The summed E-state index contributed by atoms with van der Waals surface area (Å²) in [5, 5.41) is 5.20. The second kappa shape index (κ2) is 4.99. The van der Waals surface area contributed by atoms with Gasteiger partial charge in [0.1, 0.15) is 11.3 Å². The monoisotopic (exact) mass is 279 g/mol. The van der Waals surface area contributed by atoms with Gasteiger partial charge in [-0.15, -0.1) is 0 Å². The Hall–Kier alpha value is -2.31. The molecule has 2 rings (SSSR count). The van der Waals surface area contributed by atoms with Gasteiger partial charge in [-0.3, -0.25) is 10.1 Å². The van der Waals surface area contributed by atoms with Crippen molar-refractivity contribution >= 4 is 23.4 Å². The Balaban J connectivity index is 2.10. The highest BCUT2D eigenvalue weighted by atomic mass is 16.6. The molecular weight excluding hydrogens is 262 g/mol. The lowest BCUT2D eigenvalue weighted by molar-refractivity contribution is -0.122. The molecule has 2 amide bonds. The van der Waals surface area contributed by atoms with E-state index in [-0.39, 0.29) is 5.91 Å². The molecule has 0 aromatic carbocycles. The van der Waals surface area contributed by atoms with Crippen molar-refractivity contribution in [1.29, 1.82) is 0 Å². The highest BCUT2D eigenvalue weighted by Crippen LogP contribution is 2.29. The van der Waals surface area contributed by atoms with Crippen molar-refractivity contribution in [2.75, 3.05) is 10.6 Å². The number of nitrogens with one attached hydrogen (secondary N) is 2. The minimum absolute atomic E-state index is 0.256. The third-order valence-corrected chi connectivity index (χ3v) is 2.41. The number of carbonyl (C=O) groups is 2. The molecule has 0 radical (unpaired) electrons. The van der Waals surface area contributed by atoms with E-state index in [9.17, 15) is 9.59 Å². The topological polar surface area (TPSA) is 89.6 Å². The first-order chi connectivity index (χ1) is 9.24. The van der Waals surface area contributed by atoms with Gasteiger partial charge in [-0.25, -0.2) is 9.78 Å². The second-order valence-electron chi connectivity index (χ2n) is 5.45. The number of aromatic nitrogens is 1. The number of carbonyl (C=O) groups excluding carboxylic acids is 2. The number of nitrogens with zero attached hydrogens (tertiary/aromatic N) is 1. The molecule has 0 spiro atoms. The minimum atomic E-state index is -0.587. The zero-order chi connectivity index (χ0) is 14.9. The molecule has 20 heavy (non-hydrogen) atoms. The SMILES string of the molecule is C[C@@H]1Oc2ncc(NC(=O)OC(C)(C)C)cc2NC1=O. The van der Waals surface area contributed by atoms with Crippen LogP contribution in [0.2, 0.25) is 0 Å². The summed E-state index contributed by atoms with van der Waals surface area (Å²) in [6.07, 6.45) is 0.266. The summed E-state index contributed by atoms with van der Waals surface area (Å²) in [5.41, 5.74) is 0.247. The summed E-state index contributed by atoms with van der Waals surface area (Å²) in [6, 6.07) is 1.57. The molecule has 0 unspecified atom stereocenters. The third kappa shape index (κ3) is 3.37. The van der Waals surface area contributed by atoms with Crippen LogP contribution in [-0.4, -0.2) is 28.7 Å². The lowest BCUT2D eigenvalue weighted by atomic mass is 10.2. The Morgan fingerprint density at radius 3 is 2.85 bits per heavy atom. The highest BCUT2D eigenvalue weighted by Gasteiger charge is 2.25. The minimum Gasteiger partial charge on any atom is -0.463 e. The lowest BCUT2D eigenvalue weighted by Crippen LogP contribution is -2.35. The Bertz CT molecular complexity index is 551. The fraction of sp³-hybridized carbons (Fsp3) is 0.462. The molecule has 1 atom stereocenters. The molecule has 1 aliphatic rings. The lowest BCUT2D eigenvalue weighted by Gasteiger charge is -2.23. The highest BCUT2D eigenvalue weighted by molar-refractivity contribution is 5.98. The van der Waals surface area contributed by atoms with E-state index in [1.54, 1.807) is 33.8 Å². The van der Waals surface area contributed by atoms with Crippen LogP contribution in [0.4, 0.5) is 16.2 Å². The van der Waals surface area contributed by atoms with Crippen LogP contribution in [0.5, 0.6) is 5.88 Å². The standard InChI is InChI=1S/C13H17N3O4/c1-7-10(17)16-9-5-8(6-14-11(9)19-7)15-12(18)20-13(2,3)4/h5-7H,1-4H3,(H,15,18)(H,16,17)/t7-/m0/s1. The summed E-state index contributed by atoms with van der Waals surface area (Å²) in [5.74, 6) is 0.0700. The molecule has 0 saturated heterocycles. The van der Waals surface area contributed by atoms with Crippen molar-refractivity contribution in [1.82, 2.24) is 4.98 Å². The Morgan fingerprint density at radius 2 is 2.20 bits per heavy atom. The van der Waals surface area contributed by atoms with Gasteiger partial charge in [-0.1, -0.05) is 0 Å². The van der Waals surface area contributed by atoms with Gasteiger partial charge in [0.25, 0.3) is 5.91 Å². The Kier molecular flexibility index (Phi) is 3.52. The van der Waals surface area contributed by atoms with Gasteiger partial charge in [0.15, 0.2) is 6.10 Å². The summed E-state index contributed by atoms with van der Waals surface area (Å²) >= 11 is 0. The van der Waals surface area contributed by atoms with Crippen LogP contribution in [0.3, 0.4) is 0 Å². The van der Waals surface area contributed by atoms with Crippen LogP contribution < -0.4 is 15.4 Å². The van der Waals surface area contributed by atoms with Crippen LogP contribution in [-0.2, 0) is 9.53 Å². The smallest absolute Gasteiger partial charge is 0.412 e. The molecule has 0 aliphatic carbocycles. The predicted octanol–water partition coefficient (Wildman–Crippen LogP) is 2.15. The van der Waals surface area contributed by atoms with Gasteiger partial charge in [0.2, 0.25) is 5.88 Å². The zero-order valence-corrected chi connectivity index (χ0v) is 11.8. The average molecular weight is 279 g/mol. The maximum absolute atomic E-state index is 11.6. The number of anilines is 2. The molecule has 0 bridgehead atoms. The van der Waals surface area contributed by atoms with Crippen LogP contribution in [0, 0.1) is 0 Å². The van der Waals surface area contributed by atoms with Crippen molar-refractivity contribution in [3.63, 3.8) is 0 Å². The van der Waals surface area contributed by atoms with E-state index in [0.717, 1.165) is 0 Å². The van der Waals surface area contributed by atoms with Crippen molar-refractivity contribution in [3.05, 3.63) is 12.3 Å². The Labute approximate surface area is 116 Å². The number of amides is 2. The second-order valence-corrected chi connectivity index (χ2v) is 5.45.